The van der Waals surface area contributed by atoms with Crippen molar-refractivity contribution in [1.29, 1.82) is 0 Å². The molecule has 0 radical (unpaired) electrons. The molecule has 19 heavy (non-hydrogen) atoms. The molecular weight excluding hydrogens is 236 g/mol. The first-order chi connectivity index (χ1) is 9.19. The van der Waals surface area contributed by atoms with Crippen molar-refractivity contribution in [1.82, 2.24) is 9.55 Å². The minimum atomic E-state index is -0.680. The molecule has 0 aliphatic heterocycles. The van der Waals surface area contributed by atoms with E-state index in [9.17, 15) is 5.11 Å². The molecule has 0 amide bonds. The summed E-state index contributed by atoms with van der Waals surface area (Å²) in [6.45, 7) is 0. The van der Waals surface area contributed by atoms with E-state index in [1.165, 1.54) is 5.56 Å². The Balaban J connectivity index is 1.82. The summed E-state index contributed by atoms with van der Waals surface area (Å²) in [6.07, 6.45) is 8.33. The van der Waals surface area contributed by atoms with Gasteiger partial charge in [0, 0.05) is 25.9 Å². The fourth-order valence-electron chi connectivity index (χ4n) is 3.11. The number of aliphatic hydroxyl groups is 1. The topological polar surface area (TPSA) is 38.0 Å². The van der Waals surface area contributed by atoms with Crippen LogP contribution < -0.4 is 0 Å². The van der Waals surface area contributed by atoms with E-state index in [1.54, 1.807) is 0 Å². The summed E-state index contributed by atoms with van der Waals surface area (Å²) < 4.78 is 2.03. The number of rotatable bonds is 3. The highest BCUT2D eigenvalue weighted by Gasteiger charge is 2.33. The number of hydrogen-bond donors (Lipinski definition) is 1. The molecule has 1 atom stereocenters. The Labute approximate surface area is 113 Å². The van der Waals surface area contributed by atoms with E-state index in [2.05, 4.69) is 23.2 Å². The summed E-state index contributed by atoms with van der Waals surface area (Å²) in [4.78, 5) is 4.34. The monoisotopic (exact) mass is 256 g/mol. The van der Waals surface area contributed by atoms with Crippen LogP contribution in [0.5, 0.6) is 0 Å². The number of hydrogen-bond acceptors (Lipinski definition) is 2. The third-order valence-corrected chi connectivity index (χ3v) is 4.24. The molecule has 3 nitrogen and oxygen atoms in total. The zero-order valence-electron chi connectivity index (χ0n) is 11.3. The predicted octanol–water partition coefficient (Wildman–Crippen LogP) is 2.58. The number of nitrogens with zero attached hydrogens (tertiary/aromatic N) is 2. The molecule has 1 aromatic carbocycles. The Morgan fingerprint density at radius 3 is 3.00 bits per heavy atom. The lowest BCUT2D eigenvalue weighted by Crippen LogP contribution is -2.31. The van der Waals surface area contributed by atoms with Gasteiger partial charge >= 0.3 is 0 Å². The molecule has 1 heterocycles. The zero-order chi connectivity index (χ0) is 13.3. The van der Waals surface area contributed by atoms with Crippen LogP contribution in [-0.4, -0.2) is 14.7 Å². The van der Waals surface area contributed by atoms with Gasteiger partial charge in [0.25, 0.3) is 0 Å². The minimum Gasteiger partial charge on any atom is -0.385 e. The summed E-state index contributed by atoms with van der Waals surface area (Å²) in [7, 11) is 2.00. The fraction of sp³-hybridized carbons (Fsp3) is 0.438. The lowest BCUT2D eigenvalue weighted by atomic mass is 9.76. The van der Waals surface area contributed by atoms with Gasteiger partial charge < -0.3 is 9.67 Å². The Bertz CT molecular complexity index is 576. The number of fused-ring (bicyclic) bond motifs is 1. The second-order valence-corrected chi connectivity index (χ2v) is 5.50. The lowest BCUT2D eigenvalue weighted by molar-refractivity contribution is 0.00972. The predicted molar refractivity (Wildman–Crippen MR) is 74.8 cm³/mol. The first kappa shape index (κ1) is 12.4. The molecule has 0 bridgehead atoms. The van der Waals surface area contributed by atoms with Gasteiger partial charge in [-0.05, 0) is 36.8 Å². The van der Waals surface area contributed by atoms with Crippen LogP contribution in [0.15, 0.2) is 36.7 Å². The smallest absolute Gasteiger partial charge is 0.108 e. The van der Waals surface area contributed by atoms with E-state index in [0.717, 1.165) is 43.5 Å². The fourth-order valence-corrected chi connectivity index (χ4v) is 3.11. The average Bonchev–Trinajstić information content (AvgIpc) is 2.83. The van der Waals surface area contributed by atoms with Crippen molar-refractivity contribution in [3.05, 3.63) is 53.6 Å². The van der Waals surface area contributed by atoms with E-state index in [1.807, 2.05) is 30.1 Å². The maximum Gasteiger partial charge on any atom is 0.108 e. The second kappa shape index (κ2) is 4.82. The minimum absolute atomic E-state index is 0.680. The molecule has 1 unspecified atom stereocenters. The molecule has 0 fully saturated rings. The van der Waals surface area contributed by atoms with Gasteiger partial charge in [0.1, 0.15) is 5.82 Å². The van der Waals surface area contributed by atoms with Crippen LogP contribution in [0, 0.1) is 0 Å². The molecular formula is C16H20N2O. The standard InChI is InChI=1S/C16H20N2O/c1-18-12-11-17-15(18)8-10-16(19)9-4-6-13-5-2-3-7-14(13)16/h2-3,5,7,11-12,19H,4,6,8-10H2,1H3. The van der Waals surface area contributed by atoms with Crippen molar-refractivity contribution in [2.24, 2.45) is 7.05 Å². The van der Waals surface area contributed by atoms with Crippen molar-refractivity contribution < 1.29 is 5.11 Å². The van der Waals surface area contributed by atoms with Gasteiger partial charge in [0.05, 0.1) is 5.60 Å². The molecule has 1 aromatic heterocycles. The Morgan fingerprint density at radius 1 is 1.37 bits per heavy atom. The molecule has 0 saturated heterocycles. The van der Waals surface area contributed by atoms with Gasteiger partial charge in [-0.15, -0.1) is 0 Å². The largest absolute Gasteiger partial charge is 0.385 e. The third kappa shape index (κ3) is 2.30. The van der Waals surface area contributed by atoms with Crippen molar-refractivity contribution in [3.63, 3.8) is 0 Å². The lowest BCUT2D eigenvalue weighted by Gasteiger charge is -2.34. The van der Waals surface area contributed by atoms with Crippen LogP contribution in [0.2, 0.25) is 0 Å². The first-order valence-corrected chi connectivity index (χ1v) is 6.96. The molecule has 3 rings (SSSR count). The molecule has 1 aliphatic carbocycles. The van der Waals surface area contributed by atoms with Gasteiger partial charge in [-0.2, -0.15) is 0 Å². The van der Waals surface area contributed by atoms with Crippen LogP contribution in [-0.2, 0) is 25.5 Å². The van der Waals surface area contributed by atoms with Gasteiger partial charge in [0.15, 0.2) is 0 Å². The molecule has 1 aliphatic rings. The molecule has 0 saturated carbocycles. The van der Waals surface area contributed by atoms with Gasteiger partial charge in [-0.25, -0.2) is 4.98 Å². The first-order valence-electron chi connectivity index (χ1n) is 6.96. The molecule has 0 spiro atoms. The SMILES string of the molecule is Cn1ccnc1CCC1(O)CCCc2ccccc21. The molecule has 3 heteroatoms. The van der Waals surface area contributed by atoms with Crippen LogP contribution in [0.4, 0.5) is 0 Å². The summed E-state index contributed by atoms with van der Waals surface area (Å²) in [6, 6.07) is 8.30. The second-order valence-electron chi connectivity index (χ2n) is 5.50. The number of aryl methyl sites for hydroxylation is 3. The van der Waals surface area contributed by atoms with E-state index < -0.39 is 5.60 Å². The molecule has 100 valence electrons. The van der Waals surface area contributed by atoms with Gasteiger partial charge in [-0.1, -0.05) is 24.3 Å². The maximum atomic E-state index is 11.0. The summed E-state index contributed by atoms with van der Waals surface area (Å²) >= 11 is 0. The summed E-state index contributed by atoms with van der Waals surface area (Å²) in [5.41, 5.74) is 1.74. The molecule has 1 N–H and O–H groups in total. The number of benzene rings is 1. The number of imidazole rings is 1. The van der Waals surface area contributed by atoms with Gasteiger partial charge in [0.2, 0.25) is 0 Å². The van der Waals surface area contributed by atoms with E-state index >= 15 is 0 Å². The summed E-state index contributed by atoms with van der Waals surface area (Å²) in [5.74, 6) is 1.04. The zero-order valence-corrected chi connectivity index (χ0v) is 11.3. The van der Waals surface area contributed by atoms with Gasteiger partial charge in [-0.3, -0.25) is 0 Å². The highest BCUT2D eigenvalue weighted by Crippen LogP contribution is 2.38. The Hall–Kier alpha value is -1.61. The van der Waals surface area contributed by atoms with E-state index in [0.29, 0.717) is 0 Å². The van der Waals surface area contributed by atoms with Crippen molar-refractivity contribution in [3.8, 4) is 0 Å². The van der Waals surface area contributed by atoms with E-state index in [-0.39, 0.29) is 0 Å². The Morgan fingerprint density at radius 2 is 2.21 bits per heavy atom. The highest BCUT2D eigenvalue weighted by molar-refractivity contribution is 5.34. The maximum absolute atomic E-state index is 11.0. The average molecular weight is 256 g/mol. The highest BCUT2D eigenvalue weighted by atomic mass is 16.3. The van der Waals surface area contributed by atoms with E-state index in [4.69, 9.17) is 0 Å². The normalized spacial score (nSPS) is 22.2. The Kier molecular flexibility index (Phi) is 3.15. The third-order valence-electron chi connectivity index (χ3n) is 4.24. The van der Waals surface area contributed by atoms with Crippen LogP contribution in [0.3, 0.4) is 0 Å². The van der Waals surface area contributed by atoms with Crippen molar-refractivity contribution in [2.75, 3.05) is 0 Å². The summed E-state index contributed by atoms with van der Waals surface area (Å²) in [5, 5.41) is 11.0. The number of aromatic nitrogens is 2. The van der Waals surface area contributed by atoms with Crippen molar-refractivity contribution in [2.45, 2.75) is 37.7 Å². The quantitative estimate of drug-likeness (QED) is 0.916. The van der Waals surface area contributed by atoms with Crippen molar-refractivity contribution >= 4 is 0 Å². The van der Waals surface area contributed by atoms with Crippen LogP contribution in [0.25, 0.3) is 0 Å². The van der Waals surface area contributed by atoms with Crippen LogP contribution >= 0.6 is 0 Å². The molecule has 2 aromatic rings. The van der Waals surface area contributed by atoms with Crippen LogP contribution in [0.1, 0.15) is 36.2 Å².